The van der Waals surface area contributed by atoms with Gasteiger partial charge in [-0.25, -0.2) is 9.18 Å². The first-order valence-electron chi connectivity index (χ1n) is 14.0. The van der Waals surface area contributed by atoms with Crippen LogP contribution in [0.4, 0.5) is 14.9 Å². The summed E-state index contributed by atoms with van der Waals surface area (Å²) in [5.41, 5.74) is 1.84. The largest absolute Gasteiger partial charge is 0.347 e. The Hall–Kier alpha value is -3.46. The van der Waals surface area contributed by atoms with Crippen LogP contribution in [0.15, 0.2) is 42.5 Å². The number of nitrogens with one attached hydrogen (secondary N) is 3. The lowest BCUT2D eigenvalue weighted by Gasteiger charge is -2.35. The van der Waals surface area contributed by atoms with Crippen molar-refractivity contribution in [3.63, 3.8) is 0 Å². The van der Waals surface area contributed by atoms with Crippen molar-refractivity contribution in [1.29, 1.82) is 0 Å². The molecule has 1 heterocycles. The Bertz CT molecular complexity index is 1230. The van der Waals surface area contributed by atoms with Crippen LogP contribution in [-0.4, -0.2) is 65.9 Å². The third kappa shape index (κ3) is 7.15. The van der Waals surface area contributed by atoms with Gasteiger partial charge in [0.1, 0.15) is 5.82 Å². The highest BCUT2D eigenvalue weighted by molar-refractivity contribution is 5.96. The second kappa shape index (κ2) is 11.3. The molecule has 0 atom stereocenters. The fourth-order valence-electron chi connectivity index (χ4n) is 5.11. The lowest BCUT2D eigenvalue weighted by molar-refractivity contribution is 0.0627. The van der Waals surface area contributed by atoms with Crippen molar-refractivity contribution in [3.8, 4) is 0 Å². The van der Waals surface area contributed by atoms with Crippen molar-refractivity contribution in [2.24, 2.45) is 11.8 Å². The van der Waals surface area contributed by atoms with E-state index in [1.165, 1.54) is 12.1 Å². The molecule has 0 aromatic heterocycles. The van der Waals surface area contributed by atoms with E-state index in [1.54, 1.807) is 11.0 Å². The molecule has 0 spiro atoms. The van der Waals surface area contributed by atoms with E-state index in [-0.39, 0.29) is 28.6 Å². The van der Waals surface area contributed by atoms with E-state index in [0.29, 0.717) is 56.7 Å². The Kier molecular flexibility index (Phi) is 7.88. The number of halogens is 1. The molecule has 9 heteroatoms. The first-order valence-corrected chi connectivity index (χ1v) is 14.0. The summed E-state index contributed by atoms with van der Waals surface area (Å²) in [6, 6.07) is 11.5. The van der Waals surface area contributed by atoms with Gasteiger partial charge in [-0.1, -0.05) is 12.1 Å². The summed E-state index contributed by atoms with van der Waals surface area (Å²) in [5.74, 6) is 0.178. The van der Waals surface area contributed by atoms with Crippen molar-refractivity contribution in [2.45, 2.75) is 51.6 Å². The minimum atomic E-state index is -0.634. The van der Waals surface area contributed by atoms with Crippen LogP contribution in [0, 0.1) is 17.7 Å². The van der Waals surface area contributed by atoms with E-state index >= 15 is 0 Å². The zero-order valence-electron chi connectivity index (χ0n) is 22.8. The number of anilines is 1. The second-order valence-electron chi connectivity index (χ2n) is 11.7. The van der Waals surface area contributed by atoms with E-state index in [2.05, 4.69) is 34.7 Å². The Morgan fingerprint density at radius 2 is 1.69 bits per heavy atom. The Morgan fingerprint density at radius 3 is 2.36 bits per heavy atom. The van der Waals surface area contributed by atoms with E-state index in [0.717, 1.165) is 31.2 Å². The third-order valence-electron chi connectivity index (χ3n) is 8.00. The minimum Gasteiger partial charge on any atom is -0.347 e. The van der Waals surface area contributed by atoms with E-state index < -0.39 is 11.8 Å². The van der Waals surface area contributed by atoms with Gasteiger partial charge in [0.2, 0.25) is 0 Å². The fraction of sp³-hybridized carbons (Fsp3) is 0.500. The summed E-state index contributed by atoms with van der Waals surface area (Å²) in [4.78, 5) is 41.8. The molecule has 208 valence electrons. The van der Waals surface area contributed by atoms with Gasteiger partial charge < -0.3 is 20.9 Å². The number of piperazine rings is 1. The maximum absolute atomic E-state index is 14.6. The van der Waals surface area contributed by atoms with Crippen LogP contribution in [-0.2, 0) is 6.54 Å². The average molecular weight is 536 g/mol. The topological polar surface area (TPSA) is 93.8 Å². The molecule has 3 N–H and O–H groups in total. The van der Waals surface area contributed by atoms with E-state index in [9.17, 15) is 18.8 Å². The van der Waals surface area contributed by atoms with Gasteiger partial charge in [-0.2, -0.15) is 0 Å². The fourth-order valence-corrected chi connectivity index (χ4v) is 5.11. The highest BCUT2D eigenvalue weighted by atomic mass is 19.1. The molecule has 0 unspecified atom stereocenters. The zero-order valence-corrected chi connectivity index (χ0v) is 22.8. The van der Waals surface area contributed by atoms with Gasteiger partial charge in [-0.15, -0.1) is 0 Å². The van der Waals surface area contributed by atoms with E-state index in [1.807, 2.05) is 24.3 Å². The molecule has 2 saturated carbocycles. The van der Waals surface area contributed by atoms with Gasteiger partial charge in [0, 0.05) is 55.9 Å². The van der Waals surface area contributed by atoms with Crippen LogP contribution in [0.25, 0.3) is 0 Å². The molecule has 8 nitrogen and oxygen atoms in total. The molecule has 3 aliphatic rings. The number of hydrogen-bond donors (Lipinski definition) is 3. The number of carbonyl (C=O) groups is 3. The first kappa shape index (κ1) is 27.1. The number of nitrogens with zero attached hydrogens (tertiary/aromatic N) is 2. The number of benzene rings is 2. The molecule has 5 rings (SSSR count). The molecule has 2 aromatic rings. The molecule has 2 aromatic carbocycles. The summed E-state index contributed by atoms with van der Waals surface area (Å²) in [6.07, 6.45) is 4.56. The average Bonchev–Trinajstić information content (AvgIpc) is 3.82. The van der Waals surface area contributed by atoms with Gasteiger partial charge in [0.25, 0.3) is 11.8 Å². The number of rotatable bonds is 9. The monoisotopic (exact) mass is 535 g/mol. The summed E-state index contributed by atoms with van der Waals surface area (Å²) in [6.45, 7) is 7.87. The molecule has 0 bridgehead atoms. The van der Waals surface area contributed by atoms with Gasteiger partial charge in [0.05, 0.1) is 5.69 Å². The van der Waals surface area contributed by atoms with Crippen molar-refractivity contribution in [1.82, 2.24) is 20.4 Å². The zero-order chi connectivity index (χ0) is 27.6. The number of amides is 4. The SMILES string of the molecule is CC(C)(NC(=O)c1cccc(CN2CCN(C(=O)c3ccc(NC(=O)NCC4CC4)c(F)c3)CC2)c1)C1CC1. The third-order valence-corrected chi connectivity index (χ3v) is 8.00. The van der Waals surface area contributed by atoms with Crippen LogP contribution in [0.1, 0.15) is 65.8 Å². The minimum absolute atomic E-state index is 0.0449. The first-order chi connectivity index (χ1) is 18.7. The highest BCUT2D eigenvalue weighted by Crippen LogP contribution is 2.39. The number of carbonyl (C=O) groups excluding carboxylic acids is 3. The Morgan fingerprint density at radius 1 is 0.949 bits per heavy atom. The maximum atomic E-state index is 14.6. The molecular weight excluding hydrogens is 497 g/mol. The smallest absolute Gasteiger partial charge is 0.319 e. The Balaban J connectivity index is 1.11. The second-order valence-corrected chi connectivity index (χ2v) is 11.7. The summed E-state index contributed by atoms with van der Waals surface area (Å²) in [5, 5.41) is 8.43. The van der Waals surface area contributed by atoms with Crippen molar-refractivity contribution >= 4 is 23.5 Å². The number of urea groups is 1. The molecule has 3 fully saturated rings. The Labute approximate surface area is 229 Å². The molecule has 0 radical (unpaired) electrons. The normalized spacial score (nSPS) is 18.0. The van der Waals surface area contributed by atoms with Gasteiger partial charge in [-0.3, -0.25) is 14.5 Å². The van der Waals surface area contributed by atoms with Crippen molar-refractivity contribution in [3.05, 3.63) is 65.0 Å². The quantitative estimate of drug-likeness (QED) is 0.448. The van der Waals surface area contributed by atoms with Crippen LogP contribution < -0.4 is 16.0 Å². The summed E-state index contributed by atoms with van der Waals surface area (Å²) < 4.78 is 14.6. The van der Waals surface area contributed by atoms with Gasteiger partial charge in [0.15, 0.2) is 0 Å². The van der Waals surface area contributed by atoms with Crippen LogP contribution in [0.5, 0.6) is 0 Å². The molecule has 1 saturated heterocycles. The van der Waals surface area contributed by atoms with Crippen molar-refractivity contribution in [2.75, 3.05) is 38.0 Å². The predicted molar refractivity (Wildman–Crippen MR) is 148 cm³/mol. The van der Waals surface area contributed by atoms with Crippen LogP contribution in [0.2, 0.25) is 0 Å². The van der Waals surface area contributed by atoms with Crippen molar-refractivity contribution < 1.29 is 18.8 Å². The standard InChI is InChI=1S/C30H38FN5O3/c1-30(2,24-9-10-24)34-27(37)22-5-3-4-21(16-22)19-35-12-14-36(15-13-35)28(38)23-8-11-26(25(31)17-23)33-29(39)32-18-20-6-7-20/h3-5,8,11,16-17,20,24H,6-7,9-10,12-15,18-19H2,1-2H3,(H,34,37)(H2,32,33,39). The highest BCUT2D eigenvalue weighted by Gasteiger charge is 2.38. The summed E-state index contributed by atoms with van der Waals surface area (Å²) >= 11 is 0. The van der Waals surface area contributed by atoms with Gasteiger partial charge >= 0.3 is 6.03 Å². The predicted octanol–water partition coefficient (Wildman–Crippen LogP) is 4.23. The maximum Gasteiger partial charge on any atom is 0.319 e. The lowest BCUT2D eigenvalue weighted by Crippen LogP contribution is -2.48. The van der Waals surface area contributed by atoms with Crippen LogP contribution >= 0.6 is 0 Å². The van der Waals surface area contributed by atoms with Gasteiger partial charge in [-0.05, 0) is 87.3 Å². The van der Waals surface area contributed by atoms with E-state index in [4.69, 9.17) is 0 Å². The van der Waals surface area contributed by atoms with Crippen LogP contribution in [0.3, 0.4) is 0 Å². The molecule has 4 amide bonds. The molecule has 1 aliphatic heterocycles. The lowest BCUT2D eigenvalue weighted by atomic mass is 9.98. The molecular formula is C30H38FN5O3. The molecule has 2 aliphatic carbocycles. The molecule has 39 heavy (non-hydrogen) atoms. The number of hydrogen-bond acceptors (Lipinski definition) is 4. The summed E-state index contributed by atoms with van der Waals surface area (Å²) in [7, 11) is 0.